The topological polar surface area (TPSA) is 68.6 Å². The van der Waals surface area contributed by atoms with Crippen LogP contribution in [0.15, 0.2) is 36.5 Å². The summed E-state index contributed by atoms with van der Waals surface area (Å²) in [4.78, 5) is 14.6. The van der Waals surface area contributed by atoms with Crippen molar-refractivity contribution in [3.63, 3.8) is 0 Å². The zero-order chi connectivity index (χ0) is 17.6. The molecule has 2 heterocycles. The van der Waals surface area contributed by atoms with Crippen molar-refractivity contribution in [3.8, 4) is 5.75 Å². The highest BCUT2D eigenvalue weighted by Gasteiger charge is 2.21. The number of hydrogen-bond donors (Lipinski definition) is 1. The molecule has 0 spiro atoms. The summed E-state index contributed by atoms with van der Waals surface area (Å²) in [6.45, 7) is 2.70. The van der Waals surface area contributed by atoms with Gasteiger partial charge in [0.25, 0.3) is 0 Å². The molecule has 0 fully saturated rings. The third kappa shape index (κ3) is 4.37. The Balaban J connectivity index is 1.62. The van der Waals surface area contributed by atoms with Crippen LogP contribution in [0.2, 0.25) is 0 Å². The third-order valence-electron chi connectivity index (χ3n) is 4.28. The molecule has 0 unspecified atom stereocenters. The monoisotopic (exact) mass is 344 g/mol. The standard InChI is InChI=1S/C18H24N4O3/c1-21-16(7-8-19-21)15(13-24-2)20-18(23)12-22-9-10-25-17-6-4-3-5-14(17)11-22/h3-8,15H,9-13H2,1-2H3,(H,20,23)/t15-/m1/s1. The van der Waals surface area contributed by atoms with E-state index in [2.05, 4.69) is 15.3 Å². The van der Waals surface area contributed by atoms with E-state index in [1.807, 2.05) is 37.4 Å². The summed E-state index contributed by atoms with van der Waals surface area (Å²) in [5.74, 6) is 0.861. The number of nitrogens with one attached hydrogen (secondary N) is 1. The lowest BCUT2D eigenvalue weighted by atomic mass is 10.2. The second-order valence-corrected chi connectivity index (χ2v) is 6.12. The van der Waals surface area contributed by atoms with E-state index in [4.69, 9.17) is 9.47 Å². The fourth-order valence-corrected chi connectivity index (χ4v) is 3.05. The fraction of sp³-hybridized carbons (Fsp3) is 0.444. The number of aryl methyl sites for hydroxylation is 1. The van der Waals surface area contributed by atoms with Crippen LogP contribution in [0.3, 0.4) is 0 Å². The minimum absolute atomic E-state index is 0.0392. The highest BCUT2D eigenvalue weighted by atomic mass is 16.5. The van der Waals surface area contributed by atoms with Crippen molar-refractivity contribution in [1.82, 2.24) is 20.0 Å². The van der Waals surface area contributed by atoms with Crippen molar-refractivity contribution < 1.29 is 14.3 Å². The molecule has 25 heavy (non-hydrogen) atoms. The van der Waals surface area contributed by atoms with E-state index in [1.54, 1.807) is 18.0 Å². The molecule has 3 rings (SSSR count). The van der Waals surface area contributed by atoms with E-state index >= 15 is 0 Å². The Morgan fingerprint density at radius 2 is 2.24 bits per heavy atom. The van der Waals surface area contributed by atoms with E-state index in [-0.39, 0.29) is 11.9 Å². The molecule has 0 radical (unpaired) electrons. The third-order valence-corrected chi connectivity index (χ3v) is 4.28. The zero-order valence-corrected chi connectivity index (χ0v) is 14.6. The Hall–Kier alpha value is -2.38. The minimum Gasteiger partial charge on any atom is -0.492 e. The number of para-hydroxylation sites is 1. The number of ether oxygens (including phenoxy) is 2. The van der Waals surface area contributed by atoms with E-state index in [1.165, 1.54) is 0 Å². The molecule has 134 valence electrons. The molecule has 0 saturated carbocycles. The molecule has 1 amide bonds. The number of benzene rings is 1. The number of rotatable bonds is 6. The van der Waals surface area contributed by atoms with Crippen molar-refractivity contribution in [2.45, 2.75) is 12.6 Å². The van der Waals surface area contributed by atoms with Gasteiger partial charge in [0.1, 0.15) is 12.4 Å². The van der Waals surface area contributed by atoms with Gasteiger partial charge in [0.15, 0.2) is 0 Å². The normalized spacial score (nSPS) is 15.8. The maximum atomic E-state index is 12.5. The Labute approximate surface area is 147 Å². The van der Waals surface area contributed by atoms with Crippen molar-refractivity contribution in [1.29, 1.82) is 0 Å². The predicted molar refractivity (Wildman–Crippen MR) is 93.2 cm³/mol. The molecule has 1 aromatic heterocycles. The van der Waals surface area contributed by atoms with E-state index < -0.39 is 0 Å². The Morgan fingerprint density at radius 1 is 1.40 bits per heavy atom. The summed E-state index contributed by atoms with van der Waals surface area (Å²) in [6, 6.07) is 9.62. The van der Waals surface area contributed by atoms with Gasteiger partial charge in [0, 0.05) is 39.0 Å². The number of methoxy groups -OCH3 is 1. The molecular weight excluding hydrogens is 320 g/mol. The summed E-state index contributed by atoms with van der Waals surface area (Å²) in [5.41, 5.74) is 2.02. The largest absolute Gasteiger partial charge is 0.492 e. The quantitative estimate of drug-likeness (QED) is 0.850. The highest BCUT2D eigenvalue weighted by Crippen LogP contribution is 2.22. The maximum absolute atomic E-state index is 12.5. The predicted octanol–water partition coefficient (Wildman–Crippen LogP) is 1.12. The molecule has 1 atom stereocenters. The van der Waals surface area contributed by atoms with Crippen molar-refractivity contribution in [2.24, 2.45) is 7.05 Å². The van der Waals surface area contributed by atoms with Gasteiger partial charge >= 0.3 is 0 Å². The summed E-state index contributed by atoms with van der Waals surface area (Å²) in [5, 5.41) is 7.21. The van der Waals surface area contributed by atoms with Crippen molar-refractivity contribution >= 4 is 5.91 Å². The van der Waals surface area contributed by atoms with Gasteiger partial charge in [-0.15, -0.1) is 0 Å². The molecule has 1 N–H and O–H groups in total. The number of nitrogens with zero attached hydrogens (tertiary/aromatic N) is 3. The lowest BCUT2D eigenvalue weighted by Gasteiger charge is -2.22. The zero-order valence-electron chi connectivity index (χ0n) is 14.6. The average Bonchev–Trinajstić information content (AvgIpc) is 2.91. The number of carbonyl (C=O) groups excluding carboxylic acids is 1. The number of aromatic nitrogens is 2. The first-order chi connectivity index (χ1) is 12.2. The Kier molecular flexibility index (Phi) is 5.67. The molecule has 0 aliphatic carbocycles. The van der Waals surface area contributed by atoms with Gasteiger partial charge in [-0.1, -0.05) is 18.2 Å². The molecule has 1 aliphatic rings. The molecule has 1 aromatic carbocycles. The van der Waals surface area contributed by atoms with Crippen molar-refractivity contribution in [2.75, 3.05) is 33.4 Å². The molecule has 7 heteroatoms. The number of hydrogen-bond acceptors (Lipinski definition) is 5. The smallest absolute Gasteiger partial charge is 0.234 e. The van der Waals surface area contributed by atoms with Crippen LogP contribution in [0, 0.1) is 0 Å². The van der Waals surface area contributed by atoms with Gasteiger partial charge in [-0.25, -0.2) is 0 Å². The molecular formula is C18H24N4O3. The van der Waals surface area contributed by atoms with Crippen LogP contribution in [0.1, 0.15) is 17.3 Å². The highest BCUT2D eigenvalue weighted by molar-refractivity contribution is 5.78. The van der Waals surface area contributed by atoms with Gasteiger partial charge in [-0.3, -0.25) is 14.4 Å². The number of fused-ring (bicyclic) bond motifs is 1. The molecule has 2 aromatic rings. The average molecular weight is 344 g/mol. The first-order valence-corrected chi connectivity index (χ1v) is 8.36. The summed E-state index contributed by atoms with van der Waals surface area (Å²) in [6.07, 6.45) is 1.72. The van der Waals surface area contributed by atoms with Gasteiger partial charge in [0.05, 0.1) is 24.9 Å². The minimum atomic E-state index is -0.222. The lowest BCUT2D eigenvalue weighted by molar-refractivity contribution is -0.123. The Morgan fingerprint density at radius 3 is 3.00 bits per heavy atom. The second kappa shape index (κ2) is 8.13. The van der Waals surface area contributed by atoms with Crippen LogP contribution in [0.5, 0.6) is 5.75 Å². The second-order valence-electron chi connectivity index (χ2n) is 6.12. The van der Waals surface area contributed by atoms with E-state index in [9.17, 15) is 4.79 Å². The number of amides is 1. The molecule has 0 saturated heterocycles. The molecule has 7 nitrogen and oxygen atoms in total. The van der Waals surface area contributed by atoms with Crippen LogP contribution in [-0.4, -0.2) is 54.0 Å². The van der Waals surface area contributed by atoms with Crippen LogP contribution in [-0.2, 0) is 23.1 Å². The lowest BCUT2D eigenvalue weighted by Crippen LogP contribution is -2.41. The maximum Gasteiger partial charge on any atom is 0.234 e. The molecule has 0 bridgehead atoms. The van der Waals surface area contributed by atoms with Crippen molar-refractivity contribution in [3.05, 3.63) is 47.8 Å². The van der Waals surface area contributed by atoms with Crippen LogP contribution in [0.4, 0.5) is 0 Å². The van der Waals surface area contributed by atoms with Gasteiger partial charge in [-0.2, -0.15) is 5.10 Å². The van der Waals surface area contributed by atoms with Crippen LogP contribution in [0.25, 0.3) is 0 Å². The van der Waals surface area contributed by atoms with E-state index in [0.717, 1.165) is 17.0 Å². The SMILES string of the molecule is COC[C@@H](NC(=O)CN1CCOc2ccccc2C1)c1ccnn1C. The molecule has 1 aliphatic heterocycles. The van der Waals surface area contributed by atoms with Gasteiger partial charge in [-0.05, 0) is 12.1 Å². The first-order valence-electron chi connectivity index (χ1n) is 8.36. The Bertz CT molecular complexity index is 716. The summed E-state index contributed by atoms with van der Waals surface area (Å²) < 4.78 is 12.8. The van der Waals surface area contributed by atoms with Crippen LogP contribution < -0.4 is 10.1 Å². The van der Waals surface area contributed by atoms with Crippen LogP contribution >= 0.6 is 0 Å². The van der Waals surface area contributed by atoms with Gasteiger partial charge < -0.3 is 14.8 Å². The van der Waals surface area contributed by atoms with Gasteiger partial charge in [0.2, 0.25) is 5.91 Å². The first kappa shape index (κ1) is 17.4. The summed E-state index contributed by atoms with van der Waals surface area (Å²) >= 11 is 0. The summed E-state index contributed by atoms with van der Waals surface area (Å²) in [7, 11) is 3.48. The fourth-order valence-electron chi connectivity index (χ4n) is 3.05. The van der Waals surface area contributed by atoms with E-state index in [0.29, 0.717) is 32.8 Å². The number of carbonyl (C=O) groups is 1.